The Morgan fingerprint density at radius 3 is 1.91 bits per heavy atom. The molecule has 1 fully saturated rings. The third kappa shape index (κ3) is 1.28. The van der Waals surface area contributed by atoms with Gasteiger partial charge in [0.2, 0.25) is 0 Å². The summed E-state index contributed by atoms with van der Waals surface area (Å²) in [6.45, 7) is 6.33. The highest BCUT2D eigenvalue weighted by molar-refractivity contribution is 4.92. The summed E-state index contributed by atoms with van der Waals surface area (Å²) < 4.78 is 12.5. The van der Waals surface area contributed by atoms with Crippen LogP contribution in [0.25, 0.3) is 0 Å². The smallest absolute Gasteiger partial charge is 0.105 e. The van der Waals surface area contributed by atoms with Gasteiger partial charge in [0.15, 0.2) is 0 Å². The van der Waals surface area contributed by atoms with Gasteiger partial charge in [-0.05, 0) is 25.8 Å². The van der Waals surface area contributed by atoms with E-state index in [-0.39, 0.29) is 12.7 Å². The maximum absolute atomic E-state index is 12.5. The summed E-state index contributed by atoms with van der Waals surface area (Å²) >= 11 is 0. The zero-order valence-electron chi connectivity index (χ0n) is 7.84. The number of likely N-dealkylation sites (tertiary alicyclic amines) is 1. The van der Waals surface area contributed by atoms with E-state index < -0.39 is 0 Å². The van der Waals surface area contributed by atoms with Gasteiger partial charge in [-0.25, -0.2) is 4.39 Å². The standard InChI is InChI=1S/C9H18FN/c1-6-7(2)9(5-10)11(4)8(6)3/h6-9H,5H2,1-4H3/t6-,7+,8?,9-/m1/s1. The van der Waals surface area contributed by atoms with Crippen LogP contribution in [0, 0.1) is 11.8 Å². The van der Waals surface area contributed by atoms with E-state index in [2.05, 4.69) is 25.7 Å². The second-order valence-electron chi connectivity index (χ2n) is 3.85. The van der Waals surface area contributed by atoms with Crippen LogP contribution in [0.1, 0.15) is 20.8 Å². The fourth-order valence-electron chi connectivity index (χ4n) is 2.08. The first kappa shape index (κ1) is 8.98. The Balaban J connectivity index is 2.69. The summed E-state index contributed by atoms with van der Waals surface area (Å²) in [6, 6.07) is 0.686. The fourth-order valence-corrected chi connectivity index (χ4v) is 2.08. The van der Waals surface area contributed by atoms with E-state index >= 15 is 0 Å². The summed E-state index contributed by atoms with van der Waals surface area (Å²) in [7, 11) is 2.02. The van der Waals surface area contributed by atoms with Crippen molar-refractivity contribution in [3.63, 3.8) is 0 Å². The van der Waals surface area contributed by atoms with Crippen molar-refractivity contribution in [1.29, 1.82) is 0 Å². The molecule has 1 unspecified atom stereocenters. The maximum atomic E-state index is 12.5. The first-order valence-electron chi connectivity index (χ1n) is 4.37. The van der Waals surface area contributed by atoms with E-state index in [9.17, 15) is 4.39 Å². The van der Waals surface area contributed by atoms with Gasteiger partial charge in [-0.2, -0.15) is 0 Å². The minimum absolute atomic E-state index is 0.153. The SMILES string of the molecule is CC1[C@H](C)[C@H](C)[C@@H](CF)N1C. The average molecular weight is 159 g/mol. The zero-order chi connectivity index (χ0) is 8.59. The van der Waals surface area contributed by atoms with Gasteiger partial charge in [-0.15, -0.1) is 0 Å². The van der Waals surface area contributed by atoms with Gasteiger partial charge in [0.05, 0.1) is 0 Å². The molecule has 0 amide bonds. The van der Waals surface area contributed by atoms with Crippen molar-refractivity contribution >= 4 is 0 Å². The van der Waals surface area contributed by atoms with E-state index in [0.717, 1.165) is 0 Å². The molecule has 0 spiro atoms. The Morgan fingerprint density at radius 1 is 1.18 bits per heavy atom. The normalized spacial score (nSPS) is 46.6. The quantitative estimate of drug-likeness (QED) is 0.565. The van der Waals surface area contributed by atoms with Crippen LogP contribution in [0.5, 0.6) is 0 Å². The van der Waals surface area contributed by atoms with Crippen LogP contribution in [0.2, 0.25) is 0 Å². The first-order chi connectivity index (χ1) is 5.09. The molecule has 0 aromatic heterocycles. The molecule has 1 rings (SSSR count). The highest BCUT2D eigenvalue weighted by Gasteiger charge is 2.39. The Labute approximate surface area is 68.6 Å². The largest absolute Gasteiger partial charge is 0.298 e. The molecule has 0 N–H and O–H groups in total. The van der Waals surface area contributed by atoms with E-state index in [1.165, 1.54) is 0 Å². The van der Waals surface area contributed by atoms with E-state index in [0.29, 0.717) is 17.9 Å². The third-order valence-electron chi connectivity index (χ3n) is 3.52. The van der Waals surface area contributed by atoms with Crippen molar-refractivity contribution in [2.24, 2.45) is 11.8 Å². The number of alkyl halides is 1. The number of rotatable bonds is 1. The van der Waals surface area contributed by atoms with E-state index in [4.69, 9.17) is 0 Å². The minimum atomic E-state index is -0.202. The van der Waals surface area contributed by atoms with Crippen molar-refractivity contribution in [3.8, 4) is 0 Å². The van der Waals surface area contributed by atoms with Crippen LogP contribution in [0.3, 0.4) is 0 Å². The molecule has 1 nitrogen and oxygen atoms in total. The summed E-state index contributed by atoms with van der Waals surface area (Å²) in [5.74, 6) is 1.13. The van der Waals surface area contributed by atoms with Crippen molar-refractivity contribution in [2.45, 2.75) is 32.9 Å². The molecule has 0 aliphatic carbocycles. The van der Waals surface area contributed by atoms with E-state index in [1.807, 2.05) is 7.05 Å². The maximum Gasteiger partial charge on any atom is 0.105 e. The predicted molar refractivity (Wildman–Crippen MR) is 45.3 cm³/mol. The van der Waals surface area contributed by atoms with Crippen molar-refractivity contribution in [2.75, 3.05) is 13.7 Å². The number of hydrogen-bond donors (Lipinski definition) is 0. The zero-order valence-corrected chi connectivity index (χ0v) is 7.84. The highest BCUT2D eigenvalue weighted by Crippen LogP contribution is 2.33. The lowest BCUT2D eigenvalue weighted by Gasteiger charge is -2.21. The molecule has 0 bridgehead atoms. The molecule has 4 atom stereocenters. The fraction of sp³-hybridized carbons (Fsp3) is 1.00. The van der Waals surface area contributed by atoms with Gasteiger partial charge in [-0.1, -0.05) is 13.8 Å². The number of hydrogen-bond acceptors (Lipinski definition) is 1. The lowest BCUT2D eigenvalue weighted by molar-refractivity contribution is 0.197. The predicted octanol–water partition coefficient (Wildman–Crippen LogP) is 1.93. The molecule has 1 heterocycles. The van der Waals surface area contributed by atoms with Gasteiger partial charge < -0.3 is 0 Å². The molecule has 0 saturated carbocycles. The molecule has 0 radical (unpaired) electrons. The van der Waals surface area contributed by atoms with Crippen molar-refractivity contribution in [1.82, 2.24) is 4.90 Å². The number of halogens is 1. The highest BCUT2D eigenvalue weighted by atomic mass is 19.1. The lowest BCUT2D eigenvalue weighted by atomic mass is 9.91. The molecule has 2 heteroatoms. The lowest BCUT2D eigenvalue weighted by Crippen LogP contribution is -2.33. The molecular formula is C9H18FN. The van der Waals surface area contributed by atoms with Gasteiger partial charge in [0.1, 0.15) is 6.67 Å². The summed E-state index contributed by atoms with van der Waals surface area (Å²) in [5, 5.41) is 0. The van der Waals surface area contributed by atoms with Crippen LogP contribution in [-0.2, 0) is 0 Å². The molecule has 11 heavy (non-hydrogen) atoms. The van der Waals surface area contributed by atoms with Crippen molar-refractivity contribution in [3.05, 3.63) is 0 Å². The van der Waals surface area contributed by atoms with Crippen LogP contribution in [0.4, 0.5) is 4.39 Å². The topological polar surface area (TPSA) is 3.24 Å². The monoisotopic (exact) mass is 159 g/mol. The third-order valence-corrected chi connectivity index (χ3v) is 3.52. The van der Waals surface area contributed by atoms with Crippen LogP contribution >= 0.6 is 0 Å². The first-order valence-corrected chi connectivity index (χ1v) is 4.37. The molecule has 0 aromatic carbocycles. The summed E-state index contributed by atoms with van der Waals surface area (Å²) in [6.07, 6.45) is 0. The van der Waals surface area contributed by atoms with Gasteiger partial charge >= 0.3 is 0 Å². The van der Waals surface area contributed by atoms with Gasteiger partial charge in [0.25, 0.3) is 0 Å². The average Bonchev–Trinajstić information content (AvgIpc) is 2.17. The van der Waals surface area contributed by atoms with Crippen molar-refractivity contribution < 1.29 is 4.39 Å². The molecule has 0 aromatic rings. The van der Waals surface area contributed by atoms with E-state index in [1.54, 1.807) is 0 Å². The Hall–Kier alpha value is -0.110. The molecule has 1 aliphatic heterocycles. The Bertz CT molecular complexity index is 124. The van der Waals surface area contributed by atoms with Crippen LogP contribution < -0.4 is 0 Å². The second kappa shape index (κ2) is 3.10. The summed E-state index contributed by atoms with van der Waals surface area (Å²) in [4.78, 5) is 2.16. The minimum Gasteiger partial charge on any atom is -0.298 e. The Kier molecular flexibility index (Phi) is 2.53. The number of nitrogens with zero attached hydrogens (tertiary/aromatic N) is 1. The molecular weight excluding hydrogens is 141 g/mol. The molecule has 1 saturated heterocycles. The molecule has 1 aliphatic rings. The van der Waals surface area contributed by atoms with Crippen LogP contribution in [0.15, 0.2) is 0 Å². The Morgan fingerprint density at radius 2 is 1.73 bits per heavy atom. The van der Waals surface area contributed by atoms with Gasteiger partial charge in [-0.3, -0.25) is 4.90 Å². The second-order valence-corrected chi connectivity index (χ2v) is 3.85. The molecule has 66 valence electrons. The van der Waals surface area contributed by atoms with Crippen LogP contribution in [-0.4, -0.2) is 30.7 Å². The van der Waals surface area contributed by atoms with Gasteiger partial charge in [0, 0.05) is 12.1 Å². The summed E-state index contributed by atoms with van der Waals surface area (Å²) in [5.41, 5.74) is 0.